The van der Waals surface area contributed by atoms with Gasteiger partial charge in [-0.15, -0.1) is 0 Å². The normalized spacial score (nSPS) is 20.7. The summed E-state index contributed by atoms with van der Waals surface area (Å²) in [5.41, 5.74) is 0.763. The number of hydrogen-bond acceptors (Lipinski definition) is 5. The number of hydrogen-bond donors (Lipinski definition) is 1. The van der Waals surface area contributed by atoms with Crippen molar-refractivity contribution in [1.82, 2.24) is 10.1 Å². The summed E-state index contributed by atoms with van der Waals surface area (Å²) in [5.74, 6) is 1.40. The van der Waals surface area contributed by atoms with E-state index in [1.807, 2.05) is 30.3 Å². The van der Waals surface area contributed by atoms with Crippen molar-refractivity contribution in [3.63, 3.8) is 0 Å². The fourth-order valence-corrected chi connectivity index (χ4v) is 2.99. The number of anilines is 1. The molecule has 0 spiro atoms. The number of carbonyl (C=O) groups is 1. The summed E-state index contributed by atoms with van der Waals surface area (Å²) < 4.78 is 11.0. The summed E-state index contributed by atoms with van der Waals surface area (Å²) in [5, 5.41) is 6.74. The van der Waals surface area contributed by atoms with Crippen molar-refractivity contribution in [2.24, 2.45) is 5.92 Å². The van der Waals surface area contributed by atoms with Gasteiger partial charge in [0.05, 0.1) is 12.5 Å². The lowest BCUT2D eigenvalue weighted by Crippen LogP contribution is -2.26. The van der Waals surface area contributed by atoms with Gasteiger partial charge >= 0.3 is 0 Å². The van der Waals surface area contributed by atoms with Crippen molar-refractivity contribution in [1.29, 1.82) is 0 Å². The molecule has 2 heterocycles. The minimum absolute atomic E-state index is 0.115. The topological polar surface area (TPSA) is 77.3 Å². The van der Waals surface area contributed by atoms with Crippen molar-refractivity contribution in [2.45, 2.75) is 45.1 Å². The Labute approximate surface area is 141 Å². The van der Waals surface area contributed by atoms with E-state index in [-0.39, 0.29) is 12.3 Å². The molecule has 6 heteroatoms. The molecule has 3 rings (SSSR count). The molecular weight excluding hydrogens is 306 g/mol. The van der Waals surface area contributed by atoms with Gasteiger partial charge in [-0.05, 0) is 37.3 Å². The Kier molecular flexibility index (Phi) is 5.59. The van der Waals surface area contributed by atoms with Crippen LogP contribution in [-0.2, 0) is 22.4 Å². The van der Waals surface area contributed by atoms with Gasteiger partial charge in [-0.3, -0.25) is 4.79 Å². The summed E-state index contributed by atoms with van der Waals surface area (Å²) in [7, 11) is 0. The fraction of sp³-hybridized carbons (Fsp3) is 0.500. The van der Waals surface area contributed by atoms with E-state index in [9.17, 15) is 4.79 Å². The maximum absolute atomic E-state index is 12.0. The van der Waals surface area contributed by atoms with E-state index in [1.165, 1.54) is 0 Å². The zero-order valence-corrected chi connectivity index (χ0v) is 13.9. The molecule has 1 aromatic carbocycles. The zero-order valence-electron chi connectivity index (χ0n) is 13.9. The Morgan fingerprint density at radius 3 is 2.96 bits per heavy atom. The van der Waals surface area contributed by atoms with Gasteiger partial charge in [0.25, 0.3) is 0 Å². The lowest BCUT2D eigenvalue weighted by Gasteiger charge is -2.27. The third-order valence-electron chi connectivity index (χ3n) is 4.28. The molecule has 1 saturated heterocycles. The van der Waals surface area contributed by atoms with Crippen LogP contribution in [0.5, 0.6) is 0 Å². The highest BCUT2D eigenvalue weighted by atomic mass is 16.5. The Morgan fingerprint density at radius 2 is 2.17 bits per heavy atom. The first-order valence-corrected chi connectivity index (χ1v) is 8.51. The number of rotatable bonds is 6. The third kappa shape index (κ3) is 4.64. The molecule has 0 bridgehead atoms. The van der Waals surface area contributed by atoms with Gasteiger partial charge in [0, 0.05) is 18.7 Å². The first kappa shape index (κ1) is 16.6. The second-order valence-corrected chi connectivity index (χ2v) is 6.19. The molecule has 0 saturated carbocycles. The molecule has 0 unspecified atom stereocenters. The highest BCUT2D eigenvalue weighted by Crippen LogP contribution is 2.25. The summed E-state index contributed by atoms with van der Waals surface area (Å²) in [6.07, 6.45) is 4.29. The van der Waals surface area contributed by atoms with Gasteiger partial charge < -0.3 is 14.6 Å². The highest BCUT2D eigenvalue weighted by Gasteiger charge is 2.23. The second-order valence-electron chi connectivity index (χ2n) is 6.19. The summed E-state index contributed by atoms with van der Waals surface area (Å²) >= 11 is 0. The van der Waals surface area contributed by atoms with E-state index in [1.54, 1.807) is 0 Å². The molecule has 1 aliphatic heterocycles. The van der Waals surface area contributed by atoms with Crippen LogP contribution in [0.4, 0.5) is 5.69 Å². The molecule has 1 aromatic heterocycles. The van der Waals surface area contributed by atoms with Crippen molar-refractivity contribution < 1.29 is 14.1 Å². The number of carbonyl (C=O) groups excluding carboxylic acids is 1. The van der Waals surface area contributed by atoms with E-state index >= 15 is 0 Å². The van der Waals surface area contributed by atoms with Gasteiger partial charge in [-0.25, -0.2) is 0 Å². The number of ether oxygens (including phenoxy) is 1. The minimum Gasteiger partial charge on any atom is -0.378 e. The summed E-state index contributed by atoms with van der Waals surface area (Å²) in [6.45, 7) is 2.94. The van der Waals surface area contributed by atoms with E-state index in [4.69, 9.17) is 9.26 Å². The van der Waals surface area contributed by atoms with Crippen LogP contribution in [0.25, 0.3) is 0 Å². The van der Waals surface area contributed by atoms with Crippen molar-refractivity contribution in [3.8, 4) is 0 Å². The molecule has 1 fully saturated rings. The maximum Gasteiger partial charge on any atom is 0.232 e. The van der Waals surface area contributed by atoms with Gasteiger partial charge in [0.1, 0.15) is 0 Å². The predicted molar refractivity (Wildman–Crippen MR) is 89.5 cm³/mol. The number of amides is 1. The maximum atomic E-state index is 12.0. The molecule has 0 aliphatic carbocycles. The molecule has 1 N–H and O–H groups in total. The number of para-hydroxylation sites is 1. The van der Waals surface area contributed by atoms with Crippen LogP contribution in [0.1, 0.15) is 37.9 Å². The van der Waals surface area contributed by atoms with Gasteiger partial charge in [0.15, 0.2) is 5.82 Å². The van der Waals surface area contributed by atoms with Crippen LogP contribution < -0.4 is 5.32 Å². The van der Waals surface area contributed by atoms with Crippen molar-refractivity contribution >= 4 is 11.6 Å². The zero-order chi connectivity index (χ0) is 16.8. The lowest BCUT2D eigenvalue weighted by atomic mass is 9.91. The smallest absolute Gasteiger partial charge is 0.232 e. The van der Waals surface area contributed by atoms with Crippen molar-refractivity contribution in [2.75, 3.05) is 11.9 Å². The molecule has 1 aliphatic rings. The minimum atomic E-state index is -0.148. The molecule has 6 nitrogen and oxygen atoms in total. The average molecular weight is 329 g/mol. The molecule has 0 radical (unpaired) electrons. The van der Waals surface area contributed by atoms with Gasteiger partial charge in [0.2, 0.25) is 11.8 Å². The van der Waals surface area contributed by atoms with Crippen LogP contribution in [0.2, 0.25) is 0 Å². The molecule has 2 aromatic rings. The van der Waals surface area contributed by atoms with Gasteiger partial charge in [-0.2, -0.15) is 4.98 Å². The standard InChI is InChI=1S/C18H23N3O3/c1-2-15-10-13(8-9-23-15)11-18-20-16(21-24-18)12-17(22)19-14-6-4-3-5-7-14/h3-7,13,15H,2,8-12H2,1H3,(H,19,22)/t13-,15+/m0/s1. The SMILES string of the molecule is CC[C@@H]1C[C@@H](Cc2nc(CC(=O)Nc3ccccc3)no2)CCO1. The largest absolute Gasteiger partial charge is 0.378 e. The molecule has 128 valence electrons. The number of benzene rings is 1. The summed E-state index contributed by atoms with van der Waals surface area (Å²) in [4.78, 5) is 16.4. The van der Waals surface area contributed by atoms with E-state index in [0.29, 0.717) is 23.7 Å². The third-order valence-corrected chi connectivity index (χ3v) is 4.28. The number of nitrogens with zero attached hydrogens (tertiary/aromatic N) is 2. The Hall–Kier alpha value is -2.21. The fourth-order valence-electron chi connectivity index (χ4n) is 2.99. The lowest BCUT2D eigenvalue weighted by molar-refractivity contribution is -0.115. The highest BCUT2D eigenvalue weighted by molar-refractivity contribution is 5.91. The predicted octanol–water partition coefficient (Wildman–Crippen LogP) is 3.00. The van der Waals surface area contributed by atoms with Crippen molar-refractivity contribution in [3.05, 3.63) is 42.0 Å². The van der Waals surface area contributed by atoms with E-state index in [0.717, 1.165) is 38.0 Å². The molecule has 2 atom stereocenters. The molecule has 24 heavy (non-hydrogen) atoms. The van der Waals surface area contributed by atoms with Crippen LogP contribution in [0.15, 0.2) is 34.9 Å². The van der Waals surface area contributed by atoms with E-state index < -0.39 is 0 Å². The summed E-state index contributed by atoms with van der Waals surface area (Å²) in [6, 6.07) is 9.34. The number of nitrogens with one attached hydrogen (secondary N) is 1. The first-order chi connectivity index (χ1) is 11.7. The quantitative estimate of drug-likeness (QED) is 0.881. The second kappa shape index (κ2) is 8.06. The average Bonchev–Trinajstić information content (AvgIpc) is 3.02. The van der Waals surface area contributed by atoms with E-state index in [2.05, 4.69) is 22.4 Å². The molecule has 1 amide bonds. The van der Waals surface area contributed by atoms with Gasteiger partial charge in [-0.1, -0.05) is 30.3 Å². The monoisotopic (exact) mass is 329 g/mol. The molecular formula is C18H23N3O3. The first-order valence-electron chi connectivity index (χ1n) is 8.51. The number of aromatic nitrogens is 2. The van der Waals surface area contributed by atoms with Crippen LogP contribution in [0, 0.1) is 5.92 Å². The Bertz CT molecular complexity index is 657. The van der Waals surface area contributed by atoms with Crippen LogP contribution in [0.3, 0.4) is 0 Å². The Morgan fingerprint density at radius 1 is 1.33 bits per heavy atom. The van der Waals surface area contributed by atoms with Crippen LogP contribution in [-0.4, -0.2) is 28.8 Å². The Balaban J connectivity index is 1.51. The van der Waals surface area contributed by atoms with Crippen LogP contribution >= 0.6 is 0 Å².